The van der Waals surface area contributed by atoms with Crippen LogP contribution in [0.5, 0.6) is 0 Å². The van der Waals surface area contributed by atoms with E-state index in [4.69, 9.17) is 0 Å². The molecule has 2 aliphatic heterocycles. The van der Waals surface area contributed by atoms with E-state index in [9.17, 15) is 19.4 Å². The number of halogens is 1. The molecular formula is C24H35FN4O3. The number of carbonyl (C=O) groups excluding carboxylic acids is 1. The fraction of sp³-hybridized carbons (Fsp3) is 0.667. The molecule has 3 aliphatic rings. The van der Waals surface area contributed by atoms with Crippen molar-refractivity contribution in [2.45, 2.75) is 70.8 Å². The van der Waals surface area contributed by atoms with Crippen LogP contribution in [0, 0.1) is 5.41 Å². The lowest BCUT2D eigenvalue weighted by atomic mass is 9.75. The second-order valence-corrected chi connectivity index (χ2v) is 10.1. The first-order valence-corrected chi connectivity index (χ1v) is 11.8. The summed E-state index contributed by atoms with van der Waals surface area (Å²) < 4.78 is 13.5. The van der Waals surface area contributed by atoms with Crippen molar-refractivity contribution in [3.8, 4) is 0 Å². The van der Waals surface area contributed by atoms with Gasteiger partial charge >= 0.3 is 0 Å². The molecule has 1 aromatic rings. The number of hydrogen-bond donors (Lipinski definition) is 3. The number of aliphatic hydroxyl groups is 2. The van der Waals surface area contributed by atoms with Crippen molar-refractivity contribution in [3.63, 3.8) is 0 Å². The smallest absolute Gasteiger partial charge is 0.255 e. The van der Waals surface area contributed by atoms with E-state index in [0.29, 0.717) is 50.4 Å². The summed E-state index contributed by atoms with van der Waals surface area (Å²) in [6.07, 6.45) is 4.43. The molecule has 0 aromatic carbocycles. The van der Waals surface area contributed by atoms with Gasteiger partial charge in [-0.1, -0.05) is 13.8 Å². The average Bonchev–Trinajstić information content (AvgIpc) is 2.76. The van der Waals surface area contributed by atoms with Gasteiger partial charge in [0.1, 0.15) is 23.3 Å². The molecule has 2 fully saturated rings. The van der Waals surface area contributed by atoms with Crippen LogP contribution < -0.4 is 10.2 Å². The molecule has 1 aromatic heterocycles. The van der Waals surface area contributed by atoms with Crippen LogP contribution in [0.2, 0.25) is 0 Å². The Kier molecular flexibility index (Phi) is 6.72. The monoisotopic (exact) mass is 446 g/mol. The van der Waals surface area contributed by atoms with Crippen LogP contribution in [-0.4, -0.2) is 70.6 Å². The first kappa shape index (κ1) is 23.0. The van der Waals surface area contributed by atoms with Gasteiger partial charge < -0.3 is 25.3 Å². The summed E-state index contributed by atoms with van der Waals surface area (Å²) >= 11 is 0. The van der Waals surface area contributed by atoms with Crippen LogP contribution in [0.25, 0.3) is 5.76 Å². The van der Waals surface area contributed by atoms with Crippen LogP contribution in [0.3, 0.4) is 0 Å². The van der Waals surface area contributed by atoms with E-state index >= 15 is 0 Å². The number of rotatable bonds is 5. The van der Waals surface area contributed by atoms with E-state index in [1.165, 1.54) is 0 Å². The topological polar surface area (TPSA) is 88.9 Å². The van der Waals surface area contributed by atoms with Gasteiger partial charge in [-0.25, -0.2) is 9.37 Å². The summed E-state index contributed by atoms with van der Waals surface area (Å²) in [5.74, 6) is -0.199. The van der Waals surface area contributed by atoms with Crippen molar-refractivity contribution in [2.24, 2.45) is 5.41 Å². The number of alkyl halides is 1. The first-order valence-electron chi connectivity index (χ1n) is 11.8. The standard InChI is InChI=1S/C24H35FN4O3/c1-24(2)9-5-17(6-10-24)27-22(31)19-20(30)18-4-3-11-26-21(18)29(23(19)32)15-14-28-12-7-16(25)8-13-28/h3-4,11,16-17,23,30,32H,5-10,12-15H2,1-2H3,(H,27,31). The highest BCUT2D eigenvalue weighted by Crippen LogP contribution is 2.37. The van der Waals surface area contributed by atoms with E-state index in [1.54, 1.807) is 23.2 Å². The van der Waals surface area contributed by atoms with Crippen LogP contribution in [0.4, 0.5) is 10.2 Å². The molecule has 32 heavy (non-hydrogen) atoms. The third kappa shape index (κ3) is 4.91. The largest absolute Gasteiger partial charge is 0.507 e. The van der Waals surface area contributed by atoms with Crippen molar-refractivity contribution in [3.05, 3.63) is 29.5 Å². The molecule has 1 saturated heterocycles. The zero-order valence-corrected chi connectivity index (χ0v) is 19.1. The zero-order chi connectivity index (χ0) is 22.9. The second kappa shape index (κ2) is 9.35. The molecule has 7 nitrogen and oxygen atoms in total. The number of aliphatic hydroxyl groups excluding tert-OH is 2. The Morgan fingerprint density at radius 1 is 1.22 bits per heavy atom. The second-order valence-electron chi connectivity index (χ2n) is 10.1. The highest BCUT2D eigenvalue weighted by Gasteiger charge is 2.38. The quantitative estimate of drug-likeness (QED) is 0.644. The molecule has 3 heterocycles. The Morgan fingerprint density at radius 3 is 2.59 bits per heavy atom. The maximum absolute atomic E-state index is 13.5. The molecule has 3 N–H and O–H groups in total. The number of aromatic nitrogens is 1. The van der Waals surface area contributed by atoms with Gasteiger partial charge in [0.15, 0.2) is 6.23 Å². The lowest BCUT2D eigenvalue weighted by Crippen LogP contribution is -2.50. The van der Waals surface area contributed by atoms with Gasteiger partial charge in [0.05, 0.1) is 5.56 Å². The molecule has 0 spiro atoms. The highest BCUT2D eigenvalue weighted by atomic mass is 19.1. The minimum atomic E-state index is -1.30. The van der Waals surface area contributed by atoms with Crippen LogP contribution in [0.15, 0.2) is 23.9 Å². The van der Waals surface area contributed by atoms with Gasteiger partial charge in [0.2, 0.25) is 0 Å². The molecule has 1 saturated carbocycles. The number of piperidine rings is 1. The SMILES string of the molecule is CC1(C)CCC(NC(=O)C2=C(O)c3cccnc3N(CCN3CCC(F)CC3)C2O)CC1. The van der Waals surface area contributed by atoms with Crippen LogP contribution in [0.1, 0.15) is 57.9 Å². The molecule has 1 unspecified atom stereocenters. The van der Waals surface area contributed by atoms with Gasteiger partial charge in [0.25, 0.3) is 5.91 Å². The minimum Gasteiger partial charge on any atom is -0.507 e. The molecular weight excluding hydrogens is 411 g/mol. The third-order valence-corrected chi connectivity index (χ3v) is 7.22. The summed E-state index contributed by atoms with van der Waals surface area (Å²) in [7, 11) is 0. The number of carbonyl (C=O) groups is 1. The number of amides is 1. The lowest BCUT2D eigenvalue weighted by Gasteiger charge is -2.38. The third-order valence-electron chi connectivity index (χ3n) is 7.22. The molecule has 0 radical (unpaired) electrons. The minimum absolute atomic E-state index is 0.0298. The van der Waals surface area contributed by atoms with Crippen molar-refractivity contribution in [1.29, 1.82) is 0 Å². The van der Waals surface area contributed by atoms with E-state index in [1.807, 2.05) is 0 Å². The van der Waals surface area contributed by atoms with Crippen molar-refractivity contribution in [1.82, 2.24) is 15.2 Å². The molecule has 1 amide bonds. The van der Waals surface area contributed by atoms with Gasteiger partial charge in [-0.15, -0.1) is 0 Å². The Bertz CT molecular complexity index is 857. The molecule has 4 rings (SSSR count). The highest BCUT2D eigenvalue weighted by molar-refractivity contribution is 6.03. The van der Waals surface area contributed by atoms with Crippen LogP contribution >= 0.6 is 0 Å². The zero-order valence-electron chi connectivity index (χ0n) is 19.1. The van der Waals surface area contributed by atoms with E-state index in [2.05, 4.69) is 29.0 Å². The number of likely N-dealkylation sites (tertiary alicyclic amines) is 1. The number of anilines is 1. The molecule has 1 aliphatic carbocycles. The summed E-state index contributed by atoms with van der Waals surface area (Å²) in [6, 6.07) is 3.45. The molecule has 176 valence electrons. The van der Waals surface area contributed by atoms with Gasteiger partial charge in [-0.2, -0.15) is 0 Å². The fourth-order valence-corrected chi connectivity index (χ4v) is 4.98. The number of nitrogens with one attached hydrogen (secondary N) is 1. The fourth-order valence-electron chi connectivity index (χ4n) is 4.98. The summed E-state index contributed by atoms with van der Waals surface area (Å²) in [6.45, 7) is 6.86. The van der Waals surface area contributed by atoms with E-state index < -0.39 is 18.3 Å². The number of pyridine rings is 1. The predicted octanol–water partition coefficient (Wildman–Crippen LogP) is 3.01. The Hall–Kier alpha value is -2.19. The van der Waals surface area contributed by atoms with Gasteiger partial charge in [-0.05, 0) is 56.1 Å². The number of nitrogens with zero attached hydrogens (tertiary/aromatic N) is 3. The van der Waals surface area contributed by atoms with Gasteiger partial charge in [0, 0.05) is 38.4 Å². The summed E-state index contributed by atoms with van der Waals surface area (Å²) in [5, 5.41) is 25.0. The van der Waals surface area contributed by atoms with Crippen molar-refractivity contribution >= 4 is 17.5 Å². The molecule has 1 atom stereocenters. The average molecular weight is 447 g/mol. The maximum Gasteiger partial charge on any atom is 0.255 e. The lowest BCUT2D eigenvalue weighted by molar-refractivity contribution is -0.119. The van der Waals surface area contributed by atoms with Crippen molar-refractivity contribution in [2.75, 3.05) is 31.1 Å². The number of hydrogen-bond acceptors (Lipinski definition) is 6. The summed E-state index contributed by atoms with van der Waals surface area (Å²) in [5.41, 5.74) is 0.693. The Morgan fingerprint density at radius 2 is 1.91 bits per heavy atom. The van der Waals surface area contributed by atoms with Crippen molar-refractivity contribution < 1.29 is 19.4 Å². The maximum atomic E-state index is 13.5. The van der Waals surface area contributed by atoms with Gasteiger partial charge in [-0.3, -0.25) is 4.79 Å². The summed E-state index contributed by atoms with van der Waals surface area (Å²) in [4.78, 5) is 21.3. The molecule has 8 heteroatoms. The van der Waals surface area contributed by atoms with E-state index in [-0.39, 0.29) is 22.8 Å². The van der Waals surface area contributed by atoms with Crippen LogP contribution in [-0.2, 0) is 4.79 Å². The normalized spacial score (nSPS) is 25.0. The first-order chi connectivity index (χ1) is 15.2. The molecule has 0 bridgehead atoms. The number of fused-ring (bicyclic) bond motifs is 1. The Balaban J connectivity index is 1.50. The van der Waals surface area contributed by atoms with E-state index in [0.717, 1.165) is 25.7 Å². The predicted molar refractivity (Wildman–Crippen MR) is 122 cm³/mol. The Labute approximate surface area is 189 Å².